The minimum absolute atomic E-state index is 0.366. The number of nitrogens with two attached hydrogens (primary N) is 1. The minimum Gasteiger partial charge on any atom is -0.398 e. The normalized spacial score (nSPS) is 11.7. The van der Waals surface area contributed by atoms with Crippen LogP contribution in [0.2, 0.25) is 0 Å². The Balaban J connectivity index is 3.47. The second-order valence-corrected chi connectivity index (χ2v) is 5.65. The number of hydrogen-bond donors (Lipinski definition) is 1. The fraction of sp³-hybridized carbons (Fsp3) is 0.455. The Bertz CT molecular complexity index is 438. The molecule has 3 nitrogen and oxygen atoms in total. The molecular formula is C11H17NO2S. The van der Waals surface area contributed by atoms with Crippen molar-refractivity contribution in [2.24, 2.45) is 0 Å². The van der Waals surface area contributed by atoms with Crippen LogP contribution in [0.3, 0.4) is 0 Å². The Kier molecular flexibility index (Phi) is 3.39. The fourth-order valence-electron chi connectivity index (χ4n) is 1.55. The average Bonchev–Trinajstić information content (AvgIpc) is 2.16. The van der Waals surface area contributed by atoms with Gasteiger partial charge in [0.05, 0.1) is 4.90 Å². The van der Waals surface area contributed by atoms with E-state index in [0.717, 1.165) is 29.7 Å². The minimum atomic E-state index is -3.14. The topological polar surface area (TPSA) is 60.2 Å². The first-order valence-electron chi connectivity index (χ1n) is 5.01. The van der Waals surface area contributed by atoms with Crippen LogP contribution in [0.15, 0.2) is 17.0 Å². The first-order chi connectivity index (χ1) is 6.90. The highest BCUT2D eigenvalue weighted by Gasteiger charge is 2.12. The molecule has 84 valence electrons. The van der Waals surface area contributed by atoms with E-state index >= 15 is 0 Å². The van der Waals surface area contributed by atoms with Crippen molar-refractivity contribution >= 4 is 15.5 Å². The summed E-state index contributed by atoms with van der Waals surface area (Å²) in [6.07, 6.45) is 2.72. The third kappa shape index (κ3) is 2.50. The lowest BCUT2D eigenvalue weighted by Gasteiger charge is -2.11. The Morgan fingerprint density at radius 2 is 1.53 bits per heavy atom. The zero-order valence-electron chi connectivity index (χ0n) is 9.37. The summed E-state index contributed by atoms with van der Waals surface area (Å²) in [4.78, 5) is 0.366. The van der Waals surface area contributed by atoms with Gasteiger partial charge in [-0.25, -0.2) is 8.42 Å². The lowest BCUT2D eigenvalue weighted by molar-refractivity contribution is 0.601. The molecule has 0 aliphatic rings. The summed E-state index contributed by atoms with van der Waals surface area (Å²) in [5.74, 6) is 0. The summed E-state index contributed by atoms with van der Waals surface area (Å²) in [6.45, 7) is 3.94. The van der Waals surface area contributed by atoms with Gasteiger partial charge >= 0.3 is 0 Å². The first-order valence-corrected chi connectivity index (χ1v) is 6.90. The van der Waals surface area contributed by atoms with Crippen molar-refractivity contribution in [2.45, 2.75) is 31.6 Å². The fourth-order valence-corrected chi connectivity index (χ4v) is 2.26. The maximum atomic E-state index is 11.4. The molecule has 0 saturated heterocycles. The maximum Gasteiger partial charge on any atom is 0.175 e. The Labute approximate surface area is 91.2 Å². The van der Waals surface area contributed by atoms with E-state index in [9.17, 15) is 8.42 Å². The third-order valence-electron chi connectivity index (χ3n) is 2.51. The highest BCUT2D eigenvalue weighted by Crippen LogP contribution is 2.24. The molecular weight excluding hydrogens is 210 g/mol. The van der Waals surface area contributed by atoms with Gasteiger partial charge in [0.25, 0.3) is 0 Å². The van der Waals surface area contributed by atoms with E-state index in [1.54, 1.807) is 12.1 Å². The number of benzene rings is 1. The molecule has 2 N–H and O–H groups in total. The predicted octanol–water partition coefficient (Wildman–Crippen LogP) is 1.80. The molecule has 1 aromatic carbocycles. The van der Waals surface area contributed by atoms with E-state index in [4.69, 9.17) is 5.73 Å². The van der Waals surface area contributed by atoms with Crippen molar-refractivity contribution in [3.63, 3.8) is 0 Å². The molecule has 0 atom stereocenters. The van der Waals surface area contributed by atoms with Crippen LogP contribution in [-0.4, -0.2) is 14.7 Å². The Morgan fingerprint density at radius 1 is 1.13 bits per heavy atom. The van der Waals surface area contributed by atoms with Gasteiger partial charge in [0.1, 0.15) is 0 Å². The summed E-state index contributed by atoms with van der Waals surface area (Å²) in [7, 11) is -3.14. The second kappa shape index (κ2) is 4.23. The van der Waals surface area contributed by atoms with Gasteiger partial charge in [0, 0.05) is 11.9 Å². The van der Waals surface area contributed by atoms with Gasteiger partial charge in [0.2, 0.25) is 0 Å². The van der Waals surface area contributed by atoms with Crippen molar-refractivity contribution in [1.82, 2.24) is 0 Å². The van der Waals surface area contributed by atoms with Crippen LogP contribution in [-0.2, 0) is 22.7 Å². The smallest absolute Gasteiger partial charge is 0.175 e. The van der Waals surface area contributed by atoms with Crippen molar-refractivity contribution in [3.8, 4) is 0 Å². The lowest BCUT2D eigenvalue weighted by atomic mass is 10.0. The van der Waals surface area contributed by atoms with E-state index < -0.39 is 9.84 Å². The predicted molar refractivity (Wildman–Crippen MR) is 62.7 cm³/mol. The zero-order chi connectivity index (χ0) is 11.6. The molecule has 15 heavy (non-hydrogen) atoms. The molecule has 0 spiro atoms. The van der Waals surface area contributed by atoms with E-state index in [2.05, 4.69) is 0 Å². The monoisotopic (exact) mass is 227 g/mol. The molecule has 0 bridgehead atoms. The van der Waals surface area contributed by atoms with E-state index in [0.29, 0.717) is 4.90 Å². The lowest BCUT2D eigenvalue weighted by Crippen LogP contribution is -2.04. The van der Waals surface area contributed by atoms with Crippen molar-refractivity contribution < 1.29 is 8.42 Å². The number of nitrogen functional groups attached to an aromatic ring is 1. The van der Waals surface area contributed by atoms with Gasteiger partial charge in [-0.2, -0.15) is 0 Å². The first kappa shape index (κ1) is 12.0. The molecule has 0 saturated carbocycles. The van der Waals surface area contributed by atoms with Crippen LogP contribution in [0.4, 0.5) is 5.69 Å². The van der Waals surface area contributed by atoms with Crippen LogP contribution in [0.5, 0.6) is 0 Å². The van der Waals surface area contributed by atoms with Crippen LogP contribution in [0.25, 0.3) is 0 Å². The van der Waals surface area contributed by atoms with E-state index in [1.165, 1.54) is 6.26 Å². The molecule has 0 aliphatic carbocycles. The largest absolute Gasteiger partial charge is 0.398 e. The standard InChI is InChI=1S/C11H17NO2S/c1-4-8-6-10(15(3,13)14)7-9(5-2)11(8)12/h6-7H,4-5,12H2,1-3H3. The average molecular weight is 227 g/mol. The van der Waals surface area contributed by atoms with Crippen LogP contribution in [0, 0.1) is 0 Å². The summed E-state index contributed by atoms with van der Waals surface area (Å²) >= 11 is 0. The molecule has 4 heteroatoms. The molecule has 0 radical (unpaired) electrons. The second-order valence-electron chi connectivity index (χ2n) is 3.63. The molecule has 0 unspecified atom stereocenters. The molecule has 0 fully saturated rings. The molecule has 0 heterocycles. The van der Waals surface area contributed by atoms with E-state index in [1.807, 2.05) is 13.8 Å². The van der Waals surface area contributed by atoms with Gasteiger partial charge in [-0.15, -0.1) is 0 Å². The third-order valence-corrected chi connectivity index (χ3v) is 3.61. The van der Waals surface area contributed by atoms with Crippen molar-refractivity contribution in [1.29, 1.82) is 0 Å². The SMILES string of the molecule is CCc1cc(S(C)(=O)=O)cc(CC)c1N. The van der Waals surface area contributed by atoms with Gasteiger partial charge in [-0.05, 0) is 36.1 Å². The van der Waals surface area contributed by atoms with Crippen molar-refractivity contribution in [3.05, 3.63) is 23.3 Å². The highest BCUT2D eigenvalue weighted by molar-refractivity contribution is 7.90. The van der Waals surface area contributed by atoms with Crippen LogP contribution < -0.4 is 5.73 Å². The molecule has 1 rings (SSSR count). The maximum absolute atomic E-state index is 11.4. The number of hydrogen-bond acceptors (Lipinski definition) is 3. The zero-order valence-corrected chi connectivity index (χ0v) is 10.2. The van der Waals surface area contributed by atoms with Gasteiger partial charge < -0.3 is 5.73 Å². The van der Waals surface area contributed by atoms with Gasteiger partial charge in [-0.3, -0.25) is 0 Å². The number of aryl methyl sites for hydroxylation is 2. The quantitative estimate of drug-likeness (QED) is 0.801. The number of sulfone groups is 1. The number of anilines is 1. The summed E-state index contributed by atoms with van der Waals surface area (Å²) < 4.78 is 22.9. The number of rotatable bonds is 3. The Hall–Kier alpha value is -1.03. The molecule has 0 aliphatic heterocycles. The van der Waals surface area contributed by atoms with Crippen LogP contribution in [0.1, 0.15) is 25.0 Å². The summed E-state index contributed by atoms with van der Waals surface area (Å²) in [5.41, 5.74) is 8.47. The molecule has 1 aromatic rings. The highest BCUT2D eigenvalue weighted by atomic mass is 32.2. The Morgan fingerprint density at radius 3 is 1.80 bits per heavy atom. The van der Waals surface area contributed by atoms with Crippen molar-refractivity contribution in [2.75, 3.05) is 12.0 Å². The van der Waals surface area contributed by atoms with Crippen LogP contribution >= 0.6 is 0 Å². The van der Waals surface area contributed by atoms with Gasteiger partial charge in [-0.1, -0.05) is 13.8 Å². The summed E-state index contributed by atoms with van der Waals surface area (Å²) in [6, 6.07) is 3.34. The summed E-state index contributed by atoms with van der Waals surface area (Å²) in [5, 5.41) is 0. The molecule has 0 aromatic heterocycles. The molecule has 0 amide bonds. The van der Waals surface area contributed by atoms with E-state index in [-0.39, 0.29) is 0 Å². The van der Waals surface area contributed by atoms with Gasteiger partial charge in [0.15, 0.2) is 9.84 Å².